The Morgan fingerprint density at radius 2 is 1.07 bits per heavy atom. The summed E-state index contributed by atoms with van der Waals surface area (Å²) in [6.07, 6.45) is 3.21. The fraction of sp³-hybridized carbons (Fsp3) is 0.250. The molecule has 0 aliphatic rings. The molecular formula is C24H28BrOP. The molecule has 0 saturated heterocycles. The number of ether oxygens (including phenoxy) is 1. The fourth-order valence-corrected chi connectivity index (χ4v) is 10.7. The van der Waals surface area contributed by atoms with E-state index in [0.717, 1.165) is 32.2 Å². The Morgan fingerprint density at radius 1 is 0.667 bits per heavy atom. The Hall–Kier alpha value is -1.47. The molecule has 0 bridgehead atoms. The maximum atomic E-state index is 6.06. The van der Waals surface area contributed by atoms with Gasteiger partial charge in [0.25, 0.3) is 0 Å². The van der Waals surface area contributed by atoms with Crippen LogP contribution in [0.2, 0.25) is 0 Å². The third-order valence-corrected chi connectivity index (χ3v) is 15.1. The van der Waals surface area contributed by atoms with Gasteiger partial charge in [-0.05, 0) is 0 Å². The van der Waals surface area contributed by atoms with Gasteiger partial charge in [0.1, 0.15) is 0 Å². The summed E-state index contributed by atoms with van der Waals surface area (Å²) in [4.78, 5) is 0. The van der Waals surface area contributed by atoms with Crippen LogP contribution in [-0.4, -0.2) is 19.4 Å². The number of benzene rings is 3. The molecule has 0 N–H and O–H groups in total. The van der Waals surface area contributed by atoms with Crippen LogP contribution in [0.5, 0.6) is 0 Å². The van der Waals surface area contributed by atoms with Crippen molar-refractivity contribution in [2.45, 2.75) is 19.8 Å². The van der Waals surface area contributed by atoms with Crippen LogP contribution in [0.25, 0.3) is 0 Å². The molecule has 3 aromatic rings. The normalized spacial score (nSPS) is 13.0. The van der Waals surface area contributed by atoms with Gasteiger partial charge >= 0.3 is 172 Å². The van der Waals surface area contributed by atoms with Crippen LogP contribution >= 0.6 is 20.8 Å². The molecule has 0 saturated carbocycles. The zero-order valence-electron chi connectivity index (χ0n) is 15.9. The quantitative estimate of drug-likeness (QED) is 0.307. The Labute approximate surface area is 171 Å². The molecule has 0 radical (unpaired) electrons. The summed E-state index contributed by atoms with van der Waals surface area (Å²) in [7, 11) is 0. The first-order chi connectivity index (χ1) is 13.2. The van der Waals surface area contributed by atoms with Gasteiger partial charge in [0.2, 0.25) is 0 Å². The Balaban J connectivity index is 2.16. The van der Waals surface area contributed by atoms with Crippen LogP contribution < -0.4 is 15.9 Å². The second kappa shape index (κ2) is 9.15. The molecule has 0 heterocycles. The number of unbranched alkanes of at least 4 members (excludes halogenated alkanes) is 1. The van der Waals surface area contributed by atoms with E-state index in [1.54, 1.807) is 0 Å². The van der Waals surface area contributed by atoms with E-state index in [1.807, 2.05) is 0 Å². The van der Waals surface area contributed by atoms with Crippen LogP contribution in [0.15, 0.2) is 91.0 Å². The van der Waals surface area contributed by atoms with Gasteiger partial charge in [0.15, 0.2) is 0 Å². The molecule has 142 valence electrons. The van der Waals surface area contributed by atoms with Crippen LogP contribution in [-0.2, 0) is 4.74 Å². The summed E-state index contributed by atoms with van der Waals surface area (Å²) in [5.41, 5.74) is 0. The molecule has 3 aromatic carbocycles. The molecule has 0 amide bonds. The van der Waals surface area contributed by atoms with E-state index in [0.29, 0.717) is 0 Å². The van der Waals surface area contributed by atoms with Crippen molar-refractivity contribution < 1.29 is 4.74 Å². The van der Waals surface area contributed by atoms with Crippen molar-refractivity contribution in [1.82, 2.24) is 0 Å². The molecule has 0 fully saturated rings. The molecule has 3 heteroatoms. The van der Waals surface area contributed by atoms with Gasteiger partial charge < -0.3 is 0 Å². The van der Waals surface area contributed by atoms with E-state index >= 15 is 0 Å². The topological polar surface area (TPSA) is 9.23 Å². The van der Waals surface area contributed by atoms with Crippen molar-refractivity contribution in [1.29, 1.82) is 0 Å². The molecule has 1 nitrogen and oxygen atoms in total. The number of halogens is 1. The molecule has 0 aliphatic carbocycles. The molecule has 0 aromatic heterocycles. The number of rotatable bonds is 9. The van der Waals surface area contributed by atoms with Crippen molar-refractivity contribution in [3.8, 4) is 0 Å². The predicted molar refractivity (Wildman–Crippen MR) is 125 cm³/mol. The predicted octanol–water partition coefficient (Wildman–Crippen LogP) is 5.64. The Kier molecular flexibility index (Phi) is 6.87. The van der Waals surface area contributed by atoms with E-state index in [1.165, 1.54) is 15.9 Å². The first-order valence-corrected chi connectivity index (χ1v) is 14.1. The van der Waals surface area contributed by atoms with Crippen LogP contribution in [0.4, 0.5) is 0 Å². The van der Waals surface area contributed by atoms with Crippen LogP contribution in [0.3, 0.4) is 0 Å². The summed E-state index contributed by atoms with van der Waals surface area (Å²) in [5, 5.41) is 1.23. The average molecular weight is 443 g/mol. The van der Waals surface area contributed by atoms with Crippen molar-refractivity contribution in [2.24, 2.45) is 0 Å². The van der Waals surface area contributed by atoms with Crippen molar-refractivity contribution in [3.05, 3.63) is 91.0 Å². The summed E-state index contributed by atoms with van der Waals surface area (Å²) < 4.78 is 6.06. The van der Waals surface area contributed by atoms with Crippen molar-refractivity contribution in [2.75, 3.05) is 19.4 Å². The minimum atomic E-state index is -2.81. The molecule has 0 aliphatic heterocycles. The zero-order valence-corrected chi connectivity index (χ0v) is 18.4. The van der Waals surface area contributed by atoms with Gasteiger partial charge in [-0.15, -0.1) is 0 Å². The van der Waals surface area contributed by atoms with Gasteiger partial charge in [-0.3, -0.25) is 0 Å². The number of hydrogen-bond donors (Lipinski definition) is 0. The molecule has 0 unspecified atom stereocenters. The maximum absolute atomic E-state index is 6.06. The van der Waals surface area contributed by atoms with E-state index < -0.39 is 5.31 Å². The van der Waals surface area contributed by atoms with E-state index in [4.69, 9.17) is 4.74 Å². The third-order valence-electron chi connectivity index (χ3n) is 5.18. The molecular weight excluding hydrogens is 415 g/mol. The molecule has 27 heavy (non-hydrogen) atoms. The van der Waals surface area contributed by atoms with Crippen molar-refractivity contribution >= 4 is 36.7 Å². The molecule has 0 spiro atoms. The van der Waals surface area contributed by atoms with Gasteiger partial charge in [-0.1, -0.05) is 0 Å². The van der Waals surface area contributed by atoms with Gasteiger partial charge in [0, 0.05) is 0 Å². The molecule has 3 rings (SSSR count). The third kappa shape index (κ3) is 4.04. The zero-order chi connectivity index (χ0) is 19.0. The number of hydrogen-bond acceptors (Lipinski definition) is 1. The Morgan fingerprint density at radius 3 is 1.44 bits per heavy atom. The Bertz CT molecular complexity index is 721. The van der Waals surface area contributed by atoms with Crippen molar-refractivity contribution in [3.63, 3.8) is 0 Å². The summed E-state index contributed by atoms with van der Waals surface area (Å²) in [5.74, 6) is 0. The van der Waals surface area contributed by atoms with Gasteiger partial charge in [0.05, 0.1) is 0 Å². The van der Waals surface area contributed by atoms with E-state index in [-0.39, 0.29) is 0 Å². The second-order valence-corrected chi connectivity index (χ2v) is 15.9. The molecule has 0 atom stereocenters. The second-order valence-electron chi connectivity index (χ2n) is 6.88. The fourth-order valence-electron chi connectivity index (χ4n) is 3.64. The minimum absolute atomic E-state index is 0.738. The average Bonchev–Trinajstić information content (AvgIpc) is 2.75. The first kappa shape index (κ1) is 20.3. The van der Waals surface area contributed by atoms with Gasteiger partial charge in [-0.25, -0.2) is 0 Å². The summed E-state index contributed by atoms with van der Waals surface area (Å²) in [6, 6.07) is 32.7. The first-order valence-electron chi connectivity index (χ1n) is 9.67. The summed E-state index contributed by atoms with van der Waals surface area (Å²) >= 11 is 4.44. The monoisotopic (exact) mass is 442 g/mol. The van der Waals surface area contributed by atoms with E-state index in [9.17, 15) is 0 Å². The standard InChI is InChI=1S/C24H28BrOP/c1-2-3-19-26-20-21-27(25,22-13-7-4-8-14-22,23-15-9-5-10-16-23)24-17-11-6-12-18-24/h4-18H,2-3,19-21H2,1H3. The van der Waals surface area contributed by atoms with Crippen LogP contribution in [0, 0.1) is 0 Å². The van der Waals surface area contributed by atoms with Crippen LogP contribution in [0.1, 0.15) is 19.8 Å². The SMILES string of the molecule is CCCCOCCP(Br)(c1ccccc1)(c1ccccc1)c1ccccc1. The summed E-state index contributed by atoms with van der Waals surface area (Å²) in [6.45, 7) is 3.77. The van der Waals surface area contributed by atoms with E-state index in [2.05, 4.69) is 113 Å². The van der Waals surface area contributed by atoms with Gasteiger partial charge in [-0.2, -0.15) is 0 Å².